The van der Waals surface area contributed by atoms with Gasteiger partial charge < -0.3 is 19.2 Å². The number of nitrogens with one attached hydrogen (secondary N) is 1. The zero-order valence-corrected chi connectivity index (χ0v) is 18.8. The Morgan fingerprint density at radius 3 is 2.59 bits per heavy atom. The molecule has 2 heterocycles. The largest absolute Gasteiger partial charge is 0.486 e. The first-order chi connectivity index (χ1) is 15.2. The standard InChI is InChI=1S/C22H22N2O7S/c1-5-29-22(26)19-13(3)14(4)32-21(19)23-20(25)18-9-7-16(31-18)11-30-15-6-8-17(24(27)28)12(2)10-15/h6-10H,5,11H2,1-4H3,(H,23,25). The van der Waals surface area contributed by atoms with Crippen LogP contribution in [0.5, 0.6) is 5.75 Å². The summed E-state index contributed by atoms with van der Waals surface area (Å²) in [5, 5.41) is 14.0. The van der Waals surface area contributed by atoms with Crippen LogP contribution in [-0.4, -0.2) is 23.4 Å². The Morgan fingerprint density at radius 2 is 1.94 bits per heavy atom. The van der Waals surface area contributed by atoms with Crippen molar-refractivity contribution in [3.8, 4) is 5.75 Å². The number of rotatable bonds is 8. The number of carbonyl (C=O) groups is 2. The highest BCUT2D eigenvalue weighted by atomic mass is 32.1. The van der Waals surface area contributed by atoms with Crippen molar-refractivity contribution in [3.05, 3.63) is 73.5 Å². The maximum absolute atomic E-state index is 12.6. The van der Waals surface area contributed by atoms with E-state index < -0.39 is 16.8 Å². The summed E-state index contributed by atoms with van der Waals surface area (Å²) in [5.41, 5.74) is 1.59. The molecule has 0 radical (unpaired) electrons. The number of thiophene rings is 1. The van der Waals surface area contributed by atoms with E-state index in [0.29, 0.717) is 27.6 Å². The van der Waals surface area contributed by atoms with E-state index in [1.54, 1.807) is 32.9 Å². The molecule has 0 saturated heterocycles. The van der Waals surface area contributed by atoms with Gasteiger partial charge in [-0.25, -0.2) is 4.79 Å². The van der Waals surface area contributed by atoms with Gasteiger partial charge in [0.1, 0.15) is 23.1 Å². The molecule has 10 heteroatoms. The first kappa shape index (κ1) is 23.0. The molecule has 1 amide bonds. The Bertz CT molecular complexity index is 1180. The van der Waals surface area contributed by atoms with Crippen LogP contribution in [0.1, 0.15) is 49.6 Å². The van der Waals surface area contributed by atoms with E-state index in [2.05, 4.69) is 5.32 Å². The SMILES string of the molecule is CCOC(=O)c1c(NC(=O)c2ccc(COc3ccc([N+](=O)[O-])c(C)c3)o2)sc(C)c1C. The minimum Gasteiger partial charge on any atom is -0.486 e. The van der Waals surface area contributed by atoms with Crippen molar-refractivity contribution >= 4 is 33.9 Å². The Balaban J connectivity index is 1.68. The highest BCUT2D eigenvalue weighted by Gasteiger charge is 2.23. The molecule has 0 fully saturated rings. The monoisotopic (exact) mass is 458 g/mol. The van der Waals surface area contributed by atoms with Gasteiger partial charge in [-0.2, -0.15) is 0 Å². The molecule has 0 atom stereocenters. The molecule has 0 spiro atoms. The van der Waals surface area contributed by atoms with Gasteiger partial charge in [0.2, 0.25) is 0 Å². The van der Waals surface area contributed by atoms with Crippen molar-refractivity contribution in [2.24, 2.45) is 0 Å². The van der Waals surface area contributed by atoms with Gasteiger partial charge in [0.15, 0.2) is 5.76 Å². The quantitative estimate of drug-likeness (QED) is 0.280. The number of ether oxygens (including phenoxy) is 2. The molecule has 0 bridgehead atoms. The summed E-state index contributed by atoms with van der Waals surface area (Å²) in [6.07, 6.45) is 0. The maximum Gasteiger partial charge on any atom is 0.341 e. The molecular formula is C22H22N2O7S. The van der Waals surface area contributed by atoms with Crippen LogP contribution in [0, 0.1) is 30.9 Å². The Hall–Kier alpha value is -3.66. The Morgan fingerprint density at radius 1 is 1.19 bits per heavy atom. The number of aryl methyl sites for hydroxylation is 2. The van der Waals surface area contributed by atoms with Gasteiger partial charge in [-0.3, -0.25) is 14.9 Å². The van der Waals surface area contributed by atoms with E-state index in [9.17, 15) is 19.7 Å². The lowest BCUT2D eigenvalue weighted by Gasteiger charge is -2.06. The highest BCUT2D eigenvalue weighted by molar-refractivity contribution is 7.16. The van der Waals surface area contributed by atoms with Crippen LogP contribution in [0.3, 0.4) is 0 Å². The van der Waals surface area contributed by atoms with E-state index >= 15 is 0 Å². The summed E-state index contributed by atoms with van der Waals surface area (Å²) in [7, 11) is 0. The number of furan rings is 1. The van der Waals surface area contributed by atoms with Gasteiger partial charge >= 0.3 is 5.97 Å². The summed E-state index contributed by atoms with van der Waals surface area (Å²) < 4.78 is 16.3. The predicted octanol–water partition coefficient (Wildman–Crippen LogP) is 5.18. The van der Waals surface area contributed by atoms with Gasteiger partial charge in [-0.05, 0) is 57.5 Å². The number of hydrogen-bond donors (Lipinski definition) is 1. The second kappa shape index (κ2) is 9.65. The minimum atomic E-state index is -0.505. The average molecular weight is 458 g/mol. The number of amides is 1. The minimum absolute atomic E-state index is 0.00976. The van der Waals surface area contributed by atoms with E-state index in [0.717, 1.165) is 10.4 Å². The van der Waals surface area contributed by atoms with Crippen LogP contribution >= 0.6 is 11.3 Å². The fraction of sp³-hybridized carbons (Fsp3) is 0.273. The zero-order chi connectivity index (χ0) is 23.4. The summed E-state index contributed by atoms with van der Waals surface area (Å²) in [6.45, 7) is 7.27. The van der Waals surface area contributed by atoms with Crippen molar-refractivity contribution in [2.75, 3.05) is 11.9 Å². The van der Waals surface area contributed by atoms with Gasteiger partial charge in [0.25, 0.3) is 11.6 Å². The number of esters is 1. The van der Waals surface area contributed by atoms with Crippen LogP contribution in [-0.2, 0) is 11.3 Å². The molecule has 168 valence electrons. The number of nitro benzene ring substituents is 1. The van der Waals surface area contributed by atoms with Gasteiger partial charge in [-0.15, -0.1) is 11.3 Å². The molecule has 0 aliphatic rings. The third kappa shape index (κ3) is 4.97. The molecule has 0 aliphatic carbocycles. The van der Waals surface area contributed by atoms with Crippen LogP contribution in [0.15, 0.2) is 34.7 Å². The van der Waals surface area contributed by atoms with E-state index in [-0.39, 0.29) is 24.7 Å². The van der Waals surface area contributed by atoms with Crippen molar-refractivity contribution < 1.29 is 28.4 Å². The molecule has 2 aromatic heterocycles. The van der Waals surface area contributed by atoms with Crippen molar-refractivity contribution in [1.82, 2.24) is 0 Å². The van der Waals surface area contributed by atoms with Crippen LogP contribution in [0.4, 0.5) is 10.7 Å². The molecule has 1 N–H and O–H groups in total. The van der Waals surface area contributed by atoms with Gasteiger partial charge in [0, 0.05) is 16.5 Å². The smallest absolute Gasteiger partial charge is 0.341 e. The number of hydrogen-bond acceptors (Lipinski definition) is 8. The summed E-state index contributed by atoms with van der Waals surface area (Å²) in [5.74, 6) is -0.0952. The lowest BCUT2D eigenvalue weighted by molar-refractivity contribution is -0.385. The predicted molar refractivity (Wildman–Crippen MR) is 119 cm³/mol. The van der Waals surface area contributed by atoms with Gasteiger partial charge in [0.05, 0.1) is 17.1 Å². The number of benzene rings is 1. The fourth-order valence-electron chi connectivity index (χ4n) is 2.98. The fourth-order valence-corrected chi connectivity index (χ4v) is 4.03. The molecule has 0 saturated carbocycles. The molecule has 0 aliphatic heterocycles. The molecule has 1 aromatic carbocycles. The molecule has 32 heavy (non-hydrogen) atoms. The summed E-state index contributed by atoms with van der Waals surface area (Å²) in [4.78, 5) is 36.3. The average Bonchev–Trinajstić information content (AvgIpc) is 3.31. The normalized spacial score (nSPS) is 10.6. The molecule has 3 aromatic rings. The number of carbonyl (C=O) groups excluding carboxylic acids is 2. The van der Waals surface area contributed by atoms with Crippen LogP contribution < -0.4 is 10.1 Å². The van der Waals surface area contributed by atoms with Crippen LogP contribution in [0.25, 0.3) is 0 Å². The summed E-state index contributed by atoms with van der Waals surface area (Å²) >= 11 is 1.29. The van der Waals surface area contributed by atoms with E-state index in [1.165, 1.54) is 29.5 Å². The van der Waals surface area contributed by atoms with E-state index in [4.69, 9.17) is 13.9 Å². The third-order valence-electron chi connectivity index (χ3n) is 4.72. The second-order valence-electron chi connectivity index (χ2n) is 6.92. The molecular weight excluding hydrogens is 436 g/mol. The van der Waals surface area contributed by atoms with E-state index in [1.807, 2.05) is 6.92 Å². The third-order valence-corrected chi connectivity index (χ3v) is 5.85. The lowest BCUT2D eigenvalue weighted by atomic mass is 10.1. The Kier molecular flexibility index (Phi) is 6.94. The van der Waals surface area contributed by atoms with Gasteiger partial charge in [-0.1, -0.05) is 0 Å². The number of nitro groups is 1. The second-order valence-corrected chi connectivity index (χ2v) is 8.15. The Labute approximate surface area is 188 Å². The zero-order valence-electron chi connectivity index (χ0n) is 18.0. The molecule has 0 unspecified atom stereocenters. The summed E-state index contributed by atoms with van der Waals surface area (Å²) in [6, 6.07) is 7.54. The molecule has 3 rings (SSSR count). The van der Waals surface area contributed by atoms with Crippen molar-refractivity contribution in [1.29, 1.82) is 0 Å². The number of anilines is 1. The first-order valence-corrected chi connectivity index (χ1v) is 10.6. The first-order valence-electron chi connectivity index (χ1n) is 9.76. The van der Waals surface area contributed by atoms with Crippen molar-refractivity contribution in [3.63, 3.8) is 0 Å². The van der Waals surface area contributed by atoms with Crippen LogP contribution in [0.2, 0.25) is 0 Å². The number of nitrogens with zero attached hydrogens (tertiary/aromatic N) is 1. The topological polar surface area (TPSA) is 121 Å². The molecule has 9 nitrogen and oxygen atoms in total. The van der Waals surface area contributed by atoms with Crippen molar-refractivity contribution in [2.45, 2.75) is 34.3 Å². The maximum atomic E-state index is 12.6. The lowest BCUT2D eigenvalue weighted by Crippen LogP contribution is -2.14. The highest BCUT2D eigenvalue weighted by Crippen LogP contribution is 2.33.